The number of halogens is 1. The fourth-order valence-corrected chi connectivity index (χ4v) is 3.23. The molecule has 0 heterocycles. The maximum atomic E-state index is 13.2. The van der Waals surface area contributed by atoms with Gasteiger partial charge in [-0.3, -0.25) is 0 Å². The van der Waals surface area contributed by atoms with Gasteiger partial charge in [-0.25, -0.2) is 4.39 Å². The van der Waals surface area contributed by atoms with Crippen molar-refractivity contribution >= 4 is 0 Å². The summed E-state index contributed by atoms with van der Waals surface area (Å²) in [5.74, 6) is 1.36. The first-order chi connectivity index (χ1) is 8.79. The topological polar surface area (TPSA) is 12.0 Å². The third-order valence-electron chi connectivity index (χ3n) is 4.17. The summed E-state index contributed by atoms with van der Waals surface area (Å²) in [6.45, 7) is 1.10. The molecule has 1 aliphatic carbocycles. The molecule has 0 bridgehead atoms. The van der Waals surface area contributed by atoms with Crippen molar-refractivity contribution in [1.82, 2.24) is 5.32 Å². The van der Waals surface area contributed by atoms with E-state index in [1.54, 1.807) is 6.07 Å². The Labute approximate surface area is 110 Å². The largest absolute Gasteiger partial charge is 0.319 e. The van der Waals surface area contributed by atoms with E-state index in [4.69, 9.17) is 0 Å². The molecule has 0 aromatic heterocycles. The van der Waals surface area contributed by atoms with Gasteiger partial charge in [-0.05, 0) is 62.4 Å². The van der Waals surface area contributed by atoms with E-state index in [9.17, 15) is 4.39 Å². The Morgan fingerprint density at radius 1 is 1.17 bits per heavy atom. The van der Waals surface area contributed by atoms with Crippen LogP contribution >= 0.6 is 0 Å². The van der Waals surface area contributed by atoms with Crippen LogP contribution in [0.3, 0.4) is 0 Å². The summed E-state index contributed by atoms with van der Waals surface area (Å²) in [4.78, 5) is 0. The van der Waals surface area contributed by atoms with Crippen LogP contribution < -0.4 is 5.32 Å². The molecule has 0 spiro atoms. The van der Waals surface area contributed by atoms with Crippen LogP contribution in [-0.2, 0) is 6.42 Å². The van der Waals surface area contributed by atoms with Crippen LogP contribution in [0.25, 0.3) is 0 Å². The van der Waals surface area contributed by atoms with E-state index in [-0.39, 0.29) is 5.82 Å². The van der Waals surface area contributed by atoms with Gasteiger partial charge in [0.15, 0.2) is 0 Å². The summed E-state index contributed by atoms with van der Waals surface area (Å²) in [5.41, 5.74) is 1.16. The number of hydrogen-bond donors (Lipinski definition) is 1. The summed E-state index contributed by atoms with van der Waals surface area (Å²) in [6, 6.07) is 7.11. The molecule has 1 aliphatic rings. The van der Waals surface area contributed by atoms with Gasteiger partial charge < -0.3 is 5.32 Å². The molecular weight excluding hydrogens is 225 g/mol. The van der Waals surface area contributed by atoms with Crippen molar-refractivity contribution in [1.29, 1.82) is 0 Å². The first-order valence-electron chi connectivity index (χ1n) is 7.18. The minimum absolute atomic E-state index is 0.105. The molecule has 1 aromatic carbocycles. The molecule has 1 aromatic rings. The Balaban J connectivity index is 2.03. The van der Waals surface area contributed by atoms with Gasteiger partial charge in [0.25, 0.3) is 0 Å². The quantitative estimate of drug-likeness (QED) is 0.801. The summed E-state index contributed by atoms with van der Waals surface area (Å²) < 4.78 is 13.2. The van der Waals surface area contributed by atoms with Crippen LogP contribution in [0.1, 0.15) is 37.7 Å². The Morgan fingerprint density at radius 2 is 1.94 bits per heavy atom. The third-order valence-corrected chi connectivity index (χ3v) is 4.17. The molecule has 0 radical (unpaired) electrons. The Morgan fingerprint density at radius 3 is 2.67 bits per heavy atom. The fourth-order valence-electron chi connectivity index (χ4n) is 3.23. The molecular formula is C16H24FN. The second-order valence-electron chi connectivity index (χ2n) is 5.55. The molecule has 1 saturated carbocycles. The van der Waals surface area contributed by atoms with Crippen molar-refractivity contribution < 1.29 is 4.39 Å². The standard InChI is InChI=1S/C16H24FN/c1-18-12-15-8-4-2-3-7-14(15)10-13-6-5-9-16(17)11-13/h5-6,9,11,14-15,18H,2-4,7-8,10,12H2,1H3. The Bertz CT molecular complexity index is 364. The molecule has 0 aliphatic heterocycles. The molecule has 1 N–H and O–H groups in total. The van der Waals surface area contributed by atoms with E-state index >= 15 is 0 Å². The third kappa shape index (κ3) is 3.81. The van der Waals surface area contributed by atoms with Crippen LogP contribution in [0.4, 0.5) is 4.39 Å². The molecule has 1 fully saturated rings. The molecule has 100 valence electrons. The van der Waals surface area contributed by atoms with Gasteiger partial charge >= 0.3 is 0 Å². The van der Waals surface area contributed by atoms with Gasteiger partial charge in [-0.1, -0.05) is 31.4 Å². The van der Waals surface area contributed by atoms with E-state index in [1.165, 1.54) is 38.2 Å². The van der Waals surface area contributed by atoms with Crippen molar-refractivity contribution in [3.8, 4) is 0 Å². The minimum atomic E-state index is -0.105. The molecule has 2 atom stereocenters. The lowest BCUT2D eigenvalue weighted by atomic mass is 9.83. The number of hydrogen-bond acceptors (Lipinski definition) is 1. The smallest absolute Gasteiger partial charge is 0.123 e. The van der Waals surface area contributed by atoms with E-state index in [0.717, 1.165) is 24.4 Å². The van der Waals surface area contributed by atoms with Crippen molar-refractivity contribution in [2.45, 2.75) is 38.5 Å². The zero-order valence-electron chi connectivity index (χ0n) is 11.3. The zero-order valence-corrected chi connectivity index (χ0v) is 11.3. The molecule has 0 amide bonds. The van der Waals surface area contributed by atoms with Gasteiger partial charge in [0.2, 0.25) is 0 Å². The van der Waals surface area contributed by atoms with Crippen molar-refractivity contribution in [3.05, 3.63) is 35.6 Å². The number of rotatable bonds is 4. The summed E-state index contributed by atoms with van der Waals surface area (Å²) in [5, 5.41) is 3.32. The summed E-state index contributed by atoms with van der Waals surface area (Å²) >= 11 is 0. The van der Waals surface area contributed by atoms with Crippen molar-refractivity contribution in [2.24, 2.45) is 11.8 Å². The van der Waals surface area contributed by atoms with E-state index < -0.39 is 0 Å². The normalized spacial score (nSPS) is 24.8. The van der Waals surface area contributed by atoms with Gasteiger partial charge in [-0.2, -0.15) is 0 Å². The van der Waals surface area contributed by atoms with Crippen molar-refractivity contribution in [2.75, 3.05) is 13.6 Å². The molecule has 1 nitrogen and oxygen atoms in total. The highest BCUT2D eigenvalue weighted by Gasteiger charge is 2.23. The van der Waals surface area contributed by atoms with Gasteiger partial charge in [0.1, 0.15) is 5.82 Å². The highest BCUT2D eigenvalue weighted by Crippen LogP contribution is 2.31. The first-order valence-corrected chi connectivity index (χ1v) is 7.18. The zero-order chi connectivity index (χ0) is 12.8. The summed E-state index contributed by atoms with van der Waals surface area (Å²) in [6.07, 6.45) is 7.69. The van der Waals surface area contributed by atoms with Gasteiger partial charge in [-0.15, -0.1) is 0 Å². The molecule has 2 heteroatoms. The van der Waals surface area contributed by atoms with Crippen LogP contribution in [0.2, 0.25) is 0 Å². The second kappa shape index (κ2) is 6.89. The van der Waals surface area contributed by atoms with Gasteiger partial charge in [0, 0.05) is 0 Å². The molecule has 2 unspecified atom stereocenters. The predicted octanol–water partition coefficient (Wildman–Crippen LogP) is 3.78. The van der Waals surface area contributed by atoms with E-state index in [0.29, 0.717) is 5.92 Å². The average molecular weight is 249 g/mol. The maximum absolute atomic E-state index is 13.2. The molecule has 18 heavy (non-hydrogen) atoms. The lowest BCUT2D eigenvalue weighted by Gasteiger charge is -2.25. The Hall–Kier alpha value is -0.890. The highest BCUT2D eigenvalue weighted by atomic mass is 19.1. The molecule has 2 rings (SSSR count). The fraction of sp³-hybridized carbons (Fsp3) is 0.625. The van der Waals surface area contributed by atoms with Crippen LogP contribution in [-0.4, -0.2) is 13.6 Å². The van der Waals surface area contributed by atoms with E-state index in [2.05, 4.69) is 11.4 Å². The van der Waals surface area contributed by atoms with Gasteiger partial charge in [0.05, 0.1) is 0 Å². The van der Waals surface area contributed by atoms with Crippen LogP contribution in [0, 0.1) is 17.7 Å². The predicted molar refractivity (Wildman–Crippen MR) is 74.1 cm³/mol. The average Bonchev–Trinajstić information content (AvgIpc) is 2.56. The number of nitrogens with one attached hydrogen (secondary N) is 1. The lowest BCUT2D eigenvalue weighted by molar-refractivity contribution is 0.303. The monoisotopic (exact) mass is 249 g/mol. The SMILES string of the molecule is CNCC1CCCCCC1Cc1cccc(F)c1. The van der Waals surface area contributed by atoms with E-state index in [1.807, 2.05) is 13.1 Å². The van der Waals surface area contributed by atoms with Crippen LogP contribution in [0.5, 0.6) is 0 Å². The Kier molecular flexibility index (Phi) is 5.18. The first kappa shape index (κ1) is 13.5. The lowest BCUT2D eigenvalue weighted by Crippen LogP contribution is -2.26. The summed E-state index contributed by atoms with van der Waals surface area (Å²) in [7, 11) is 2.03. The number of benzene rings is 1. The maximum Gasteiger partial charge on any atom is 0.123 e. The minimum Gasteiger partial charge on any atom is -0.319 e. The highest BCUT2D eigenvalue weighted by molar-refractivity contribution is 5.17. The molecule has 0 saturated heterocycles. The van der Waals surface area contributed by atoms with Crippen molar-refractivity contribution in [3.63, 3.8) is 0 Å². The second-order valence-corrected chi connectivity index (χ2v) is 5.55. The van der Waals surface area contributed by atoms with Crippen LogP contribution in [0.15, 0.2) is 24.3 Å².